The van der Waals surface area contributed by atoms with Gasteiger partial charge in [-0.25, -0.2) is 0 Å². The van der Waals surface area contributed by atoms with E-state index in [2.05, 4.69) is 36.4 Å². The van der Waals surface area contributed by atoms with Crippen molar-refractivity contribution in [3.8, 4) is 0 Å². The monoisotopic (exact) mass is 294 g/mol. The molecular weight excluding hydrogens is 275 g/mol. The Bertz CT molecular complexity index is 202. The summed E-state index contributed by atoms with van der Waals surface area (Å²) < 4.78 is 7.43. The Morgan fingerprint density at radius 3 is 2.54 bits per heavy atom. The number of halogens is 1. The first-order chi connectivity index (χ1) is 6.10. The van der Waals surface area contributed by atoms with Crippen molar-refractivity contribution < 1.29 is 4.74 Å². The van der Waals surface area contributed by atoms with Crippen LogP contribution in [0.2, 0.25) is 0 Å². The van der Waals surface area contributed by atoms with E-state index in [1.807, 2.05) is 0 Å². The fraction of sp³-hybridized carbons (Fsp3) is 1.00. The van der Waals surface area contributed by atoms with Crippen molar-refractivity contribution in [1.82, 2.24) is 0 Å². The zero-order chi connectivity index (χ0) is 9.53. The van der Waals surface area contributed by atoms with Crippen molar-refractivity contribution in [3.63, 3.8) is 0 Å². The molecule has 0 aromatic heterocycles. The van der Waals surface area contributed by atoms with Gasteiger partial charge in [-0.15, -0.1) is 0 Å². The van der Waals surface area contributed by atoms with E-state index >= 15 is 0 Å². The third kappa shape index (κ3) is 1.54. The van der Waals surface area contributed by atoms with Crippen molar-refractivity contribution in [3.05, 3.63) is 0 Å². The van der Waals surface area contributed by atoms with Gasteiger partial charge in [0.05, 0.1) is 11.7 Å². The maximum atomic E-state index is 6.27. The Balaban J connectivity index is 2.06. The van der Waals surface area contributed by atoms with E-state index in [0.29, 0.717) is 11.5 Å². The first kappa shape index (κ1) is 10.2. The van der Waals surface area contributed by atoms with E-state index in [9.17, 15) is 0 Å². The molecule has 1 aliphatic carbocycles. The zero-order valence-corrected chi connectivity index (χ0v) is 10.8. The smallest absolute Gasteiger partial charge is 0.0737 e. The van der Waals surface area contributed by atoms with Crippen LogP contribution in [0.25, 0.3) is 0 Å². The van der Waals surface area contributed by atoms with Gasteiger partial charge in [0, 0.05) is 4.43 Å². The van der Waals surface area contributed by atoms with Gasteiger partial charge in [0.1, 0.15) is 0 Å². The molecule has 1 nitrogen and oxygen atoms in total. The Hall–Kier alpha value is 0.690. The lowest BCUT2D eigenvalue weighted by Crippen LogP contribution is -2.59. The third-order valence-electron chi connectivity index (χ3n) is 4.06. The van der Waals surface area contributed by atoms with Crippen LogP contribution in [-0.4, -0.2) is 16.1 Å². The number of ether oxygens (including phenoxy) is 1. The van der Waals surface area contributed by atoms with E-state index in [1.54, 1.807) is 0 Å². The molecule has 0 radical (unpaired) electrons. The average Bonchev–Trinajstić information content (AvgIpc) is 2.16. The Morgan fingerprint density at radius 2 is 2.08 bits per heavy atom. The molecule has 2 rings (SSSR count). The Morgan fingerprint density at radius 1 is 1.31 bits per heavy atom. The van der Waals surface area contributed by atoms with E-state index in [1.165, 1.54) is 32.1 Å². The minimum absolute atomic E-state index is 0.265. The van der Waals surface area contributed by atoms with Crippen molar-refractivity contribution in [2.75, 3.05) is 4.43 Å². The molecule has 1 saturated heterocycles. The van der Waals surface area contributed by atoms with Crippen molar-refractivity contribution >= 4 is 22.6 Å². The van der Waals surface area contributed by atoms with Crippen LogP contribution in [-0.2, 0) is 4.74 Å². The average molecular weight is 294 g/mol. The summed E-state index contributed by atoms with van der Waals surface area (Å²) in [6.07, 6.45) is 7.13. The molecular formula is C11H19IO. The predicted octanol–water partition coefficient (Wildman–Crippen LogP) is 3.55. The molecule has 2 aliphatic rings. The predicted molar refractivity (Wildman–Crippen MR) is 63.4 cm³/mol. The first-order valence-electron chi connectivity index (χ1n) is 5.33. The van der Waals surface area contributed by atoms with Gasteiger partial charge in [0.2, 0.25) is 0 Å². The summed E-state index contributed by atoms with van der Waals surface area (Å²) in [4.78, 5) is 0. The van der Waals surface area contributed by atoms with Gasteiger partial charge in [-0.3, -0.25) is 0 Å². The highest BCUT2D eigenvalue weighted by molar-refractivity contribution is 14.1. The van der Waals surface area contributed by atoms with Gasteiger partial charge in [-0.1, -0.05) is 36.4 Å². The van der Waals surface area contributed by atoms with Gasteiger partial charge >= 0.3 is 0 Å². The highest BCUT2D eigenvalue weighted by Gasteiger charge is 2.55. The standard InChI is InChI=1S/C11H19IO/c1-10(2)6-7-11(10)5-3-4-9(8-12)13-11/h9H,3-8H2,1-2H3. The molecule has 2 heteroatoms. The van der Waals surface area contributed by atoms with Gasteiger partial charge in [0.15, 0.2) is 0 Å². The van der Waals surface area contributed by atoms with E-state index < -0.39 is 0 Å². The minimum atomic E-state index is 0.265. The maximum absolute atomic E-state index is 6.27. The normalized spacial score (nSPS) is 43.2. The zero-order valence-electron chi connectivity index (χ0n) is 8.61. The van der Waals surface area contributed by atoms with Gasteiger partial charge < -0.3 is 4.74 Å². The van der Waals surface area contributed by atoms with Crippen LogP contribution in [0.4, 0.5) is 0 Å². The highest BCUT2D eigenvalue weighted by Crippen LogP contribution is 2.56. The number of hydrogen-bond acceptors (Lipinski definition) is 1. The lowest BCUT2D eigenvalue weighted by atomic mass is 9.56. The number of rotatable bonds is 1. The molecule has 0 aromatic carbocycles. The molecule has 13 heavy (non-hydrogen) atoms. The van der Waals surface area contributed by atoms with Crippen molar-refractivity contribution in [1.29, 1.82) is 0 Å². The second kappa shape index (κ2) is 3.37. The van der Waals surface area contributed by atoms with Crippen molar-refractivity contribution in [2.45, 2.75) is 57.7 Å². The maximum Gasteiger partial charge on any atom is 0.0737 e. The SMILES string of the molecule is CC1(C)CCC12CCCC(CI)O2. The molecule has 1 saturated carbocycles. The van der Waals surface area contributed by atoms with Gasteiger partial charge in [0.25, 0.3) is 0 Å². The van der Waals surface area contributed by atoms with Crippen LogP contribution < -0.4 is 0 Å². The molecule has 0 N–H and O–H groups in total. The quantitative estimate of drug-likeness (QED) is 0.531. The fourth-order valence-electron chi connectivity index (χ4n) is 2.75. The molecule has 1 heterocycles. The largest absolute Gasteiger partial charge is 0.370 e. The van der Waals surface area contributed by atoms with Crippen LogP contribution >= 0.6 is 22.6 Å². The molecule has 0 amide bonds. The summed E-state index contributed by atoms with van der Waals surface area (Å²) in [6.45, 7) is 4.73. The van der Waals surface area contributed by atoms with Crippen LogP contribution in [0.15, 0.2) is 0 Å². The molecule has 0 aromatic rings. The number of hydrogen-bond donors (Lipinski definition) is 0. The highest BCUT2D eigenvalue weighted by atomic mass is 127. The second-order valence-corrected chi connectivity index (χ2v) is 6.05. The van der Waals surface area contributed by atoms with Crippen LogP contribution in [0.1, 0.15) is 46.0 Å². The van der Waals surface area contributed by atoms with Crippen molar-refractivity contribution in [2.24, 2.45) is 5.41 Å². The third-order valence-corrected chi connectivity index (χ3v) is 5.04. The van der Waals surface area contributed by atoms with E-state index in [-0.39, 0.29) is 5.60 Å². The molecule has 2 unspecified atom stereocenters. The van der Waals surface area contributed by atoms with Crippen LogP contribution in [0.5, 0.6) is 0 Å². The second-order valence-electron chi connectivity index (χ2n) is 5.16. The van der Waals surface area contributed by atoms with Gasteiger partial charge in [-0.05, 0) is 37.5 Å². The van der Waals surface area contributed by atoms with Gasteiger partial charge in [-0.2, -0.15) is 0 Å². The Labute approximate surface area is 94.8 Å². The summed E-state index contributed by atoms with van der Waals surface area (Å²) in [6, 6.07) is 0. The topological polar surface area (TPSA) is 9.23 Å². The summed E-state index contributed by atoms with van der Waals surface area (Å²) in [5.74, 6) is 0. The molecule has 2 atom stereocenters. The molecule has 2 fully saturated rings. The minimum Gasteiger partial charge on any atom is -0.370 e. The molecule has 0 bridgehead atoms. The lowest BCUT2D eigenvalue weighted by molar-refractivity contribution is -0.233. The number of alkyl halides is 1. The summed E-state index contributed by atoms with van der Waals surface area (Å²) >= 11 is 2.45. The Kier molecular flexibility index (Phi) is 2.65. The van der Waals surface area contributed by atoms with E-state index in [0.717, 1.165) is 4.43 Å². The first-order valence-corrected chi connectivity index (χ1v) is 6.86. The lowest BCUT2D eigenvalue weighted by Gasteiger charge is -2.59. The molecule has 76 valence electrons. The summed E-state index contributed by atoms with van der Waals surface area (Å²) in [5.41, 5.74) is 0.707. The van der Waals surface area contributed by atoms with E-state index in [4.69, 9.17) is 4.74 Å². The molecule has 1 aliphatic heterocycles. The van der Waals surface area contributed by atoms with Crippen LogP contribution in [0, 0.1) is 5.41 Å². The summed E-state index contributed by atoms with van der Waals surface area (Å²) in [5, 5.41) is 0. The molecule has 1 spiro atoms. The summed E-state index contributed by atoms with van der Waals surface area (Å²) in [7, 11) is 0. The van der Waals surface area contributed by atoms with Crippen LogP contribution in [0.3, 0.4) is 0 Å². The fourth-order valence-corrected chi connectivity index (χ4v) is 3.37.